The average Bonchev–Trinajstić information content (AvgIpc) is 2.68. The molecule has 1 aromatic heterocycles. The molecule has 0 radical (unpaired) electrons. The predicted molar refractivity (Wildman–Crippen MR) is 106 cm³/mol. The van der Waals surface area contributed by atoms with Crippen molar-refractivity contribution in [2.24, 2.45) is 5.41 Å². The maximum Gasteiger partial charge on any atom is 0.229 e. The van der Waals surface area contributed by atoms with Gasteiger partial charge in [-0.1, -0.05) is 12.1 Å². The lowest BCUT2D eigenvalue weighted by atomic mass is 9.79. The molecule has 2 fully saturated rings. The van der Waals surface area contributed by atoms with Crippen molar-refractivity contribution in [3.05, 3.63) is 41.6 Å². The van der Waals surface area contributed by atoms with E-state index in [9.17, 15) is 9.90 Å². The molecule has 0 saturated carbocycles. The predicted octanol–water partition coefficient (Wildman–Crippen LogP) is 2.74. The largest absolute Gasteiger partial charge is 0.385 e. The van der Waals surface area contributed by atoms with Gasteiger partial charge in [-0.3, -0.25) is 9.78 Å². The van der Waals surface area contributed by atoms with E-state index in [1.54, 1.807) is 0 Å². The summed E-state index contributed by atoms with van der Waals surface area (Å²) in [7, 11) is 0. The van der Waals surface area contributed by atoms with Crippen LogP contribution in [0, 0.1) is 12.3 Å². The van der Waals surface area contributed by atoms with Gasteiger partial charge in [0.05, 0.1) is 16.5 Å². The van der Waals surface area contributed by atoms with E-state index in [0.29, 0.717) is 25.9 Å². The molecule has 2 N–H and O–H groups in total. The van der Waals surface area contributed by atoms with Gasteiger partial charge in [0.2, 0.25) is 5.91 Å². The zero-order valence-electron chi connectivity index (χ0n) is 16.3. The number of hydrogen-bond donors (Lipinski definition) is 2. The number of carbonyl (C=O) groups is 1. The van der Waals surface area contributed by atoms with Gasteiger partial charge in [0.25, 0.3) is 0 Å². The van der Waals surface area contributed by atoms with Crippen LogP contribution in [0.2, 0.25) is 0 Å². The number of carbonyl (C=O) groups excluding carboxylic acids is 1. The van der Waals surface area contributed by atoms with Crippen LogP contribution >= 0.6 is 0 Å². The van der Waals surface area contributed by atoms with Crippen molar-refractivity contribution >= 4 is 16.8 Å². The highest BCUT2D eigenvalue weighted by molar-refractivity contribution is 5.83. The quantitative estimate of drug-likeness (QED) is 0.857. The third-order valence-corrected chi connectivity index (χ3v) is 6.36. The van der Waals surface area contributed by atoms with Crippen molar-refractivity contribution in [3.8, 4) is 0 Å². The number of nitrogens with zero attached hydrogens (tertiary/aromatic N) is 2. The fourth-order valence-corrected chi connectivity index (χ4v) is 4.51. The van der Waals surface area contributed by atoms with Crippen molar-refractivity contribution in [2.45, 2.75) is 45.1 Å². The fourth-order valence-electron chi connectivity index (χ4n) is 4.51. The number of amides is 1. The number of hydrogen-bond acceptors (Lipinski definition) is 4. The zero-order valence-corrected chi connectivity index (χ0v) is 16.3. The lowest BCUT2D eigenvalue weighted by Gasteiger charge is -2.43. The smallest absolute Gasteiger partial charge is 0.229 e. The Balaban J connectivity index is 1.49. The molecule has 1 aromatic carbocycles. The lowest BCUT2D eigenvalue weighted by Crippen LogP contribution is -2.54. The number of aromatic nitrogens is 1. The van der Waals surface area contributed by atoms with Crippen LogP contribution in [0.5, 0.6) is 0 Å². The van der Waals surface area contributed by atoms with Crippen LogP contribution < -0.4 is 5.32 Å². The first-order valence-electron chi connectivity index (χ1n) is 10.0. The Hall–Kier alpha value is -1.98. The molecule has 2 aliphatic heterocycles. The molecular weight excluding hydrogens is 338 g/mol. The summed E-state index contributed by atoms with van der Waals surface area (Å²) in [5.41, 5.74) is 1.69. The Kier molecular flexibility index (Phi) is 4.68. The van der Waals surface area contributed by atoms with Crippen LogP contribution in [-0.2, 0) is 10.4 Å². The van der Waals surface area contributed by atoms with E-state index >= 15 is 0 Å². The SMILES string of the molecule is Cc1ccc2cc(C3(O)CCN(C(=O)C4(C)CCCNC4)CC3)ccc2n1. The van der Waals surface area contributed by atoms with E-state index in [4.69, 9.17) is 0 Å². The first kappa shape index (κ1) is 18.4. The van der Waals surface area contributed by atoms with Gasteiger partial charge in [-0.2, -0.15) is 0 Å². The Bertz CT molecular complexity index is 850. The van der Waals surface area contributed by atoms with Crippen molar-refractivity contribution in [1.82, 2.24) is 15.2 Å². The molecule has 2 aliphatic rings. The van der Waals surface area contributed by atoms with E-state index < -0.39 is 5.60 Å². The summed E-state index contributed by atoms with van der Waals surface area (Å²) in [6.07, 6.45) is 3.14. The van der Waals surface area contributed by atoms with Gasteiger partial charge in [-0.15, -0.1) is 0 Å². The maximum atomic E-state index is 13.0. The molecular formula is C22H29N3O2. The topological polar surface area (TPSA) is 65.5 Å². The molecule has 0 spiro atoms. The van der Waals surface area contributed by atoms with E-state index in [1.807, 2.05) is 36.1 Å². The number of piperidine rings is 2. The average molecular weight is 367 g/mol. The highest BCUT2D eigenvalue weighted by Gasteiger charge is 2.42. The Morgan fingerprint density at radius 3 is 2.67 bits per heavy atom. The second kappa shape index (κ2) is 6.88. The molecule has 1 amide bonds. The Morgan fingerprint density at radius 2 is 1.96 bits per heavy atom. The number of rotatable bonds is 2. The van der Waals surface area contributed by atoms with Crippen molar-refractivity contribution in [1.29, 1.82) is 0 Å². The monoisotopic (exact) mass is 367 g/mol. The number of likely N-dealkylation sites (tertiary alicyclic amines) is 1. The molecule has 0 bridgehead atoms. The third-order valence-electron chi connectivity index (χ3n) is 6.36. The maximum absolute atomic E-state index is 13.0. The molecule has 3 heterocycles. The molecule has 0 aliphatic carbocycles. The Labute approximate surface area is 160 Å². The van der Waals surface area contributed by atoms with Gasteiger partial charge in [0.1, 0.15) is 0 Å². The second-order valence-electron chi connectivity index (χ2n) is 8.52. The Morgan fingerprint density at radius 1 is 1.19 bits per heavy atom. The minimum atomic E-state index is -0.873. The van der Waals surface area contributed by atoms with Gasteiger partial charge in [-0.05, 0) is 69.8 Å². The van der Waals surface area contributed by atoms with Gasteiger partial charge >= 0.3 is 0 Å². The van der Waals surface area contributed by atoms with E-state index in [1.165, 1.54) is 0 Å². The normalized spacial score (nSPS) is 25.5. The first-order valence-corrected chi connectivity index (χ1v) is 10.0. The zero-order chi connectivity index (χ0) is 19.1. The van der Waals surface area contributed by atoms with Gasteiger partial charge < -0.3 is 15.3 Å². The summed E-state index contributed by atoms with van der Waals surface area (Å²) in [5, 5.41) is 15.7. The molecule has 5 heteroatoms. The van der Waals surface area contributed by atoms with Crippen LogP contribution in [-0.4, -0.2) is 47.1 Å². The highest BCUT2D eigenvalue weighted by Crippen LogP contribution is 2.36. The fraction of sp³-hybridized carbons (Fsp3) is 0.545. The van der Waals surface area contributed by atoms with Crippen LogP contribution in [0.3, 0.4) is 0 Å². The third kappa shape index (κ3) is 3.46. The number of aryl methyl sites for hydroxylation is 1. The van der Waals surface area contributed by atoms with Gasteiger partial charge in [-0.25, -0.2) is 0 Å². The summed E-state index contributed by atoms with van der Waals surface area (Å²) in [6, 6.07) is 10.1. The number of aliphatic hydroxyl groups is 1. The molecule has 144 valence electrons. The molecule has 27 heavy (non-hydrogen) atoms. The lowest BCUT2D eigenvalue weighted by molar-refractivity contribution is -0.146. The summed E-state index contributed by atoms with van der Waals surface area (Å²) in [6.45, 7) is 7.02. The first-order chi connectivity index (χ1) is 12.9. The van der Waals surface area contributed by atoms with E-state index in [2.05, 4.69) is 23.3 Å². The highest BCUT2D eigenvalue weighted by atomic mass is 16.3. The molecule has 2 saturated heterocycles. The number of nitrogens with one attached hydrogen (secondary N) is 1. The van der Waals surface area contributed by atoms with Crippen molar-refractivity contribution in [3.63, 3.8) is 0 Å². The molecule has 5 nitrogen and oxygen atoms in total. The molecule has 4 rings (SSSR count). The standard InChI is InChI=1S/C22H29N3O2/c1-16-4-5-17-14-18(6-7-19(17)24-16)22(27)9-12-25(13-10-22)20(26)21(2)8-3-11-23-15-21/h4-7,14,23,27H,3,8-13,15H2,1-2H3. The number of fused-ring (bicyclic) bond motifs is 1. The molecule has 1 atom stereocenters. The molecule has 2 aromatic rings. The summed E-state index contributed by atoms with van der Waals surface area (Å²) in [5.74, 6) is 0.231. The summed E-state index contributed by atoms with van der Waals surface area (Å²) < 4.78 is 0. The van der Waals surface area contributed by atoms with Gasteiger partial charge in [0.15, 0.2) is 0 Å². The van der Waals surface area contributed by atoms with E-state index in [0.717, 1.165) is 48.1 Å². The van der Waals surface area contributed by atoms with Gasteiger partial charge in [0, 0.05) is 30.7 Å². The summed E-state index contributed by atoms with van der Waals surface area (Å²) >= 11 is 0. The second-order valence-corrected chi connectivity index (χ2v) is 8.52. The van der Waals surface area contributed by atoms with Crippen molar-refractivity contribution < 1.29 is 9.90 Å². The van der Waals surface area contributed by atoms with Crippen LogP contribution in [0.1, 0.15) is 43.9 Å². The van der Waals surface area contributed by atoms with Crippen LogP contribution in [0.15, 0.2) is 30.3 Å². The number of pyridine rings is 1. The van der Waals surface area contributed by atoms with Crippen LogP contribution in [0.25, 0.3) is 10.9 Å². The van der Waals surface area contributed by atoms with Crippen LogP contribution in [0.4, 0.5) is 0 Å². The van der Waals surface area contributed by atoms with E-state index in [-0.39, 0.29) is 11.3 Å². The minimum Gasteiger partial charge on any atom is -0.385 e. The number of benzene rings is 1. The summed E-state index contributed by atoms with van der Waals surface area (Å²) in [4.78, 5) is 19.5. The van der Waals surface area contributed by atoms with Crippen molar-refractivity contribution in [2.75, 3.05) is 26.2 Å². The minimum absolute atomic E-state index is 0.231. The molecule has 1 unspecified atom stereocenters.